The van der Waals surface area contributed by atoms with Crippen LogP contribution in [0.3, 0.4) is 0 Å². The fraction of sp³-hybridized carbons (Fsp3) is 0.286. The molecule has 31 heavy (non-hydrogen) atoms. The molecule has 0 radical (unpaired) electrons. The van der Waals surface area contributed by atoms with Crippen LogP contribution in [0.1, 0.15) is 40.7 Å². The first-order valence-corrected chi connectivity index (χ1v) is 10.1. The summed E-state index contributed by atoms with van der Waals surface area (Å²) in [6, 6.07) is 5.65. The number of carbonyl (C=O) groups excluding carboxylic acids is 1. The fourth-order valence-electron chi connectivity index (χ4n) is 3.99. The molecule has 1 aliphatic heterocycles. The Balaban J connectivity index is 1.47. The van der Waals surface area contributed by atoms with Crippen molar-refractivity contribution in [3.63, 3.8) is 0 Å². The van der Waals surface area contributed by atoms with Crippen LogP contribution in [-0.2, 0) is 6.54 Å². The highest BCUT2D eigenvalue weighted by Gasteiger charge is 2.41. The molecular formula is C21H20N8O2. The first-order chi connectivity index (χ1) is 15.2. The van der Waals surface area contributed by atoms with Crippen molar-refractivity contribution in [2.45, 2.75) is 25.3 Å². The van der Waals surface area contributed by atoms with Crippen LogP contribution >= 0.6 is 0 Å². The van der Waals surface area contributed by atoms with Crippen LogP contribution in [0.25, 0.3) is 11.5 Å². The zero-order chi connectivity index (χ0) is 21.2. The molecule has 5 heterocycles. The summed E-state index contributed by atoms with van der Waals surface area (Å²) in [6.45, 7) is 3.56. The van der Waals surface area contributed by atoms with Crippen molar-refractivity contribution in [1.82, 2.24) is 39.8 Å². The van der Waals surface area contributed by atoms with Crippen molar-refractivity contribution in [2.75, 3.05) is 13.1 Å². The summed E-state index contributed by atoms with van der Waals surface area (Å²) >= 11 is 0. The summed E-state index contributed by atoms with van der Waals surface area (Å²) in [7, 11) is 0. The Hall–Kier alpha value is -3.95. The second kappa shape index (κ2) is 8.05. The van der Waals surface area contributed by atoms with Crippen molar-refractivity contribution < 1.29 is 9.32 Å². The normalized spacial score (nSPS) is 18.4. The molecule has 0 unspecified atom stereocenters. The molecule has 5 rings (SSSR count). The van der Waals surface area contributed by atoms with Crippen molar-refractivity contribution >= 4 is 5.91 Å². The number of carbonyl (C=O) groups is 1. The van der Waals surface area contributed by atoms with E-state index in [1.165, 1.54) is 0 Å². The van der Waals surface area contributed by atoms with E-state index in [4.69, 9.17) is 4.52 Å². The summed E-state index contributed by atoms with van der Waals surface area (Å²) in [6.07, 6.45) is 9.95. The third kappa shape index (κ3) is 3.56. The van der Waals surface area contributed by atoms with E-state index in [9.17, 15) is 4.79 Å². The number of pyridine rings is 1. The Bertz CT molecular complexity index is 1170. The molecule has 1 amide bonds. The van der Waals surface area contributed by atoms with E-state index < -0.39 is 0 Å². The van der Waals surface area contributed by atoms with E-state index in [2.05, 4.69) is 30.2 Å². The summed E-state index contributed by atoms with van der Waals surface area (Å²) in [5.41, 5.74) is 2.12. The molecule has 0 bridgehead atoms. The molecule has 4 aromatic heterocycles. The zero-order valence-electron chi connectivity index (χ0n) is 16.9. The highest BCUT2D eigenvalue weighted by molar-refractivity contribution is 5.92. The molecule has 0 aliphatic carbocycles. The van der Waals surface area contributed by atoms with Gasteiger partial charge in [0.05, 0.1) is 12.1 Å². The van der Waals surface area contributed by atoms with Crippen molar-refractivity contribution in [3.05, 3.63) is 72.5 Å². The maximum atomic E-state index is 13.2. The van der Waals surface area contributed by atoms with Crippen LogP contribution < -0.4 is 0 Å². The van der Waals surface area contributed by atoms with Gasteiger partial charge in [-0.3, -0.25) is 19.4 Å². The van der Waals surface area contributed by atoms with Gasteiger partial charge >= 0.3 is 0 Å². The molecule has 0 aromatic carbocycles. The van der Waals surface area contributed by atoms with E-state index in [0.29, 0.717) is 42.7 Å². The fourth-order valence-corrected chi connectivity index (χ4v) is 3.99. The molecule has 10 nitrogen and oxygen atoms in total. The lowest BCUT2D eigenvalue weighted by molar-refractivity contribution is 0.0776. The van der Waals surface area contributed by atoms with Gasteiger partial charge < -0.3 is 9.42 Å². The Kier molecular flexibility index (Phi) is 4.95. The van der Waals surface area contributed by atoms with Gasteiger partial charge in [-0.15, -0.1) is 0 Å². The molecule has 1 fully saturated rings. The van der Waals surface area contributed by atoms with Crippen molar-refractivity contribution in [2.24, 2.45) is 0 Å². The molecule has 156 valence electrons. The molecule has 10 heteroatoms. The second-order valence-corrected chi connectivity index (χ2v) is 7.29. The summed E-state index contributed by atoms with van der Waals surface area (Å²) < 4.78 is 7.32. The lowest BCUT2D eigenvalue weighted by Crippen LogP contribution is -2.30. The topological polar surface area (TPSA) is 116 Å². The third-order valence-corrected chi connectivity index (χ3v) is 5.51. The van der Waals surface area contributed by atoms with Gasteiger partial charge in [0.25, 0.3) is 5.91 Å². The molecule has 4 aromatic rings. The van der Waals surface area contributed by atoms with E-state index in [-0.39, 0.29) is 17.7 Å². The van der Waals surface area contributed by atoms with E-state index in [0.717, 1.165) is 5.56 Å². The first-order valence-electron chi connectivity index (χ1n) is 10.1. The maximum Gasteiger partial charge on any atom is 0.272 e. The summed E-state index contributed by atoms with van der Waals surface area (Å²) in [5, 5.41) is 8.31. The third-order valence-electron chi connectivity index (χ3n) is 5.51. The monoisotopic (exact) mass is 416 g/mol. The number of amides is 1. The molecule has 0 spiro atoms. The number of nitrogens with zero attached hydrogens (tertiary/aromatic N) is 8. The highest BCUT2D eigenvalue weighted by atomic mass is 16.5. The number of aryl methyl sites for hydroxylation is 1. The van der Waals surface area contributed by atoms with Gasteiger partial charge in [-0.1, -0.05) is 11.2 Å². The Morgan fingerprint density at radius 1 is 1.10 bits per heavy atom. The predicted octanol–water partition coefficient (Wildman–Crippen LogP) is 2.16. The molecule has 1 aliphatic rings. The van der Waals surface area contributed by atoms with Crippen molar-refractivity contribution in [3.8, 4) is 11.5 Å². The standard InChI is InChI=1S/C21H20N8O2/c1-2-29-18(5-7-25-29)21(30)28-12-15(14-4-3-6-22-10-14)16(13-28)20-26-19(27-31-20)17-11-23-8-9-24-17/h3-11,15-16H,2,12-13H2,1H3/t15-,16+/m0/s1. The van der Waals surface area contributed by atoms with Gasteiger partial charge in [0.2, 0.25) is 11.7 Å². The minimum atomic E-state index is -0.163. The zero-order valence-corrected chi connectivity index (χ0v) is 16.9. The van der Waals surface area contributed by atoms with Gasteiger partial charge in [-0.25, -0.2) is 4.98 Å². The van der Waals surface area contributed by atoms with Crippen LogP contribution in [0.4, 0.5) is 0 Å². The average Bonchev–Trinajstić information content (AvgIpc) is 3.58. The highest BCUT2D eigenvalue weighted by Crippen LogP contribution is 2.39. The number of rotatable bonds is 5. The SMILES string of the molecule is CCn1nccc1C(=O)N1C[C@@H](c2cccnc2)[C@H](c2nc(-c3cnccn3)no2)C1. The Morgan fingerprint density at radius 2 is 1.97 bits per heavy atom. The minimum Gasteiger partial charge on any atom is -0.339 e. The van der Waals surface area contributed by atoms with Crippen LogP contribution in [0.2, 0.25) is 0 Å². The molecule has 2 atom stereocenters. The van der Waals surface area contributed by atoms with Gasteiger partial charge in [0.1, 0.15) is 11.4 Å². The molecule has 1 saturated heterocycles. The average molecular weight is 416 g/mol. The molecule has 0 N–H and O–H groups in total. The smallest absolute Gasteiger partial charge is 0.272 e. The van der Waals surface area contributed by atoms with Crippen LogP contribution in [-0.4, -0.2) is 58.8 Å². The van der Waals surface area contributed by atoms with Crippen molar-refractivity contribution in [1.29, 1.82) is 0 Å². The molecule has 0 saturated carbocycles. The maximum absolute atomic E-state index is 13.2. The number of hydrogen-bond donors (Lipinski definition) is 0. The second-order valence-electron chi connectivity index (χ2n) is 7.29. The largest absolute Gasteiger partial charge is 0.339 e. The van der Waals surface area contributed by atoms with E-state index in [1.807, 2.05) is 30.2 Å². The number of aromatic nitrogens is 7. The van der Waals surface area contributed by atoms with Gasteiger partial charge in [-0.2, -0.15) is 10.1 Å². The summed E-state index contributed by atoms with van der Waals surface area (Å²) in [4.78, 5) is 32.2. The first kappa shape index (κ1) is 19.0. The number of hydrogen-bond acceptors (Lipinski definition) is 8. The Morgan fingerprint density at radius 3 is 2.74 bits per heavy atom. The van der Waals surface area contributed by atoms with Gasteiger partial charge in [0, 0.05) is 56.5 Å². The van der Waals surface area contributed by atoms with Crippen LogP contribution in [0.15, 0.2) is 59.9 Å². The lowest BCUT2D eigenvalue weighted by atomic mass is 9.90. The van der Waals surface area contributed by atoms with E-state index >= 15 is 0 Å². The van der Waals surface area contributed by atoms with Gasteiger partial charge in [-0.05, 0) is 24.6 Å². The predicted molar refractivity (Wildman–Crippen MR) is 109 cm³/mol. The van der Waals surface area contributed by atoms with Crippen LogP contribution in [0, 0.1) is 0 Å². The van der Waals surface area contributed by atoms with E-state index in [1.54, 1.807) is 41.7 Å². The van der Waals surface area contributed by atoms with Crippen LogP contribution in [0.5, 0.6) is 0 Å². The quantitative estimate of drug-likeness (QED) is 0.486. The molecular weight excluding hydrogens is 396 g/mol. The lowest BCUT2D eigenvalue weighted by Gasteiger charge is -2.16. The number of likely N-dealkylation sites (tertiary alicyclic amines) is 1. The summed E-state index contributed by atoms with van der Waals surface area (Å²) in [5.74, 6) is 0.593. The Labute approximate surface area is 178 Å². The minimum absolute atomic E-state index is 0.0224. The van der Waals surface area contributed by atoms with Gasteiger partial charge in [0.15, 0.2) is 0 Å².